The van der Waals surface area contributed by atoms with Gasteiger partial charge in [0.15, 0.2) is 0 Å². The van der Waals surface area contributed by atoms with Crippen molar-refractivity contribution in [1.82, 2.24) is 0 Å². The molecule has 4 heteroatoms. The average Bonchev–Trinajstić information content (AvgIpc) is 2.37. The number of rotatable bonds is 2. The number of carbonyl (C=O) groups is 1. The summed E-state index contributed by atoms with van der Waals surface area (Å²) in [7, 11) is 0. The zero-order chi connectivity index (χ0) is 13.1. The molecule has 1 aromatic carbocycles. The molecule has 1 aromatic rings. The summed E-state index contributed by atoms with van der Waals surface area (Å²) in [6.45, 7) is 4.52. The van der Waals surface area contributed by atoms with E-state index < -0.39 is 0 Å². The van der Waals surface area contributed by atoms with Crippen molar-refractivity contribution in [2.24, 2.45) is 10.9 Å². The Bertz CT molecular complexity index is 517. The summed E-state index contributed by atoms with van der Waals surface area (Å²) in [5.74, 6) is 0.0809. The third-order valence-electron chi connectivity index (χ3n) is 3.12. The number of nitrogens with zero attached hydrogens (tertiary/aromatic N) is 2. The molecule has 1 aliphatic heterocycles. The van der Waals surface area contributed by atoms with E-state index in [4.69, 9.17) is 0 Å². The molecule has 1 amide bonds. The summed E-state index contributed by atoms with van der Waals surface area (Å²) in [5.41, 5.74) is 2.57. The minimum Gasteiger partial charge on any atom is -0.312 e. The van der Waals surface area contributed by atoms with Crippen LogP contribution in [-0.2, 0) is 16.0 Å². The third-order valence-corrected chi connectivity index (χ3v) is 3.12. The molecule has 1 aliphatic rings. The molecule has 0 radical (unpaired) electrons. The Kier molecular flexibility index (Phi) is 3.58. The van der Waals surface area contributed by atoms with Crippen LogP contribution in [0.2, 0.25) is 0 Å². The number of aryl methyl sites for hydroxylation is 1. The molecule has 0 aliphatic carbocycles. The lowest BCUT2D eigenvalue weighted by molar-refractivity contribution is -0.121. The topological polar surface area (TPSA) is 49.7 Å². The van der Waals surface area contributed by atoms with Crippen LogP contribution >= 0.6 is 0 Å². The van der Waals surface area contributed by atoms with Gasteiger partial charge in [0, 0.05) is 18.2 Å². The summed E-state index contributed by atoms with van der Waals surface area (Å²) < 4.78 is 0. The Labute approximate surface area is 106 Å². The molecule has 0 N–H and O–H groups in total. The van der Waals surface area contributed by atoms with Crippen molar-refractivity contribution < 1.29 is 9.59 Å². The number of hydrogen-bond acceptors (Lipinski definition) is 3. The molecule has 0 bridgehead atoms. The van der Waals surface area contributed by atoms with Crippen molar-refractivity contribution >= 4 is 23.4 Å². The normalized spacial score (nSPS) is 14.1. The lowest BCUT2D eigenvalue weighted by Crippen LogP contribution is -2.38. The van der Waals surface area contributed by atoms with Gasteiger partial charge in [-0.2, -0.15) is 4.99 Å². The second-order valence-corrected chi connectivity index (χ2v) is 4.76. The van der Waals surface area contributed by atoms with Gasteiger partial charge in [0.1, 0.15) is 0 Å². The number of hydrogen-bond donors (Lipinski definition) is 0. The molecule has 4 nitrogen and oxygen atoms in total. The highest BCUT2D eigenvalue weighted by Crippen LogP contribution is 2.31. The number of benzene rings is 1. The van der Waals surface area contributed by atoms with Crippen molar-refractivity contribution in [1.29, 1.82) is 0 Å². The predicted molar refractivity (Wildman–Crippen MR) is 69.7 cm³/mol. The number of aliphatic imine (C=N–C) groups is 1. The fourth-order valence-corrected chi connectivity index (χ4v) is 2.23. The number of fused-ring (bicyclic) bond motifs is 1. The van der Waals surface area contributed by atoms with Gasteiger partial charge in [0.05, 0.1) is 5.69 Å². The molecule has 0 unspecified atom stereocenters. The van der Waals surface area contributed by atoms with E-state index in [0.717, 1.165) is 30.6 Å². The molecule has 0 atom stereocenters. The summed E-state index contributed by atoms with van der Waals surface area (Å²) in [4.78, 5) is 27.9. The molecule has 2 rings (SSSR count). The first kappa shape index (κ1) is 12.5. The standard InChI is InChI=1S/C14H16N2O2/c1-10(2)14(18)16-7-3-4-11-5-6-12(15-9-17)8-13(11)16/h5-6,8,10H,3-4,7H2,1-2H3. The predicted octanol–water partition coefficient (Wildman–Crippen LogP) is 2.59. The van der Waals surface area contributed by atoms with Crippen molar-refractivity contribution in [3.63, 3.8) is 0 Å². The number of anilines is 1. The van der Waals surface area contributed by atoms with Crippen LogP contribution in [0.3, 0.4) is 0 Å². The van der Waals surface area contributed by atoms with E-state index in [1.807, 2.05) is 19.9 Å². The van der Waals surface area contributed by atoms with Gasteiger partial charge in [-0.05, 0) is 30.5 Å². The van der Waals surface area contributed by atoms with Crippen LogP contribution in [-0.4, -0.2) is 18.5 Å². The largest absolute Gasteiger partial charge is 0.312 e. The van der Waals surface area contributed by atoms with Gasteiger partial charge in [-0.25, -0.2) is 4.79 Å². The maximum absolute atomic E-state index is 12.1. The lowest BCUT2D eigenvalue weighted by Gasteiger charge is -2.31. The smallest absolute Gasteiger partial charge is 0.240 e. The summed E-state index contributed by atoms with van der Waals surface area (Å²) >= 11 is 0. The van der Waals surface area contributed by atoms with Crippen LogP contribution in [0.5, 0.6) is 0 Å². The van der Waals surface area contributed by atoms with E-state index in [1.54, 1.807) is 17.0 Å². The SMILES string of the molecule is CC(C)C(=O)N1CCCc2ccc(N=C=O)cc21. The van der Waals surface area contributed by atoms with Crippen LogP contribution in [0.1, 0.15) is 25.8 Å². The van der Waals surface area contributed by atoms with E-state index >= 15 is 0 Å². The number of carbonyl (C=O) groups excluding carboxylic acids is 2. The maximum Gasteiger partial charge on any atom is 0.240 e. The van der Waals surface area contributed by atoms with Gasteiger partial charge >= 0.3 is 0 Å². The summed E-state index contributed by atoms with van der Waals surface area (Å²) in [6, 6.07) is 5.51. The number of isocyanates is 1. The first-order chi connectivity index (χ1) is 8.63. The highest BCUT2D eigenvalue weighted by atomic mass is 16.2. The van der Waals surface area contributed by atoms with Gasteiger partial charge in [0.2, 0.25) is 12.0 Å². The van der Waals surface area contributed by atoms with E-state index in [-0.39, 0.29) is 11.8 Å². The van der Waals surface area contributed by atoms with Crippen LogP contribution in [0.4, 0.5) is 11.4 Å². The van der Waals surface area contributed by atoms with Crippen molar-refractivity contribution in [3.8, 4) is 0 Å². The van der Waals surface area contributed by atoms with Gasteiger partial charge in [-0.15, -0.1) is 0 Å². The first-order valence-electron chi connectivity index (χ1n) is 6.15. The van der Waals surface area contributed by atoms with Gasteiger partial charge in [-0.3, -0.25) is 4.79 Å². The zero-order valence-corrected chi connectivity index (χ0v) is 10.6. The minimum atomic E-state index is -0.0332. The average molecular weight is 244 g/mol. The zero-order valence-electron chi connectivity index (χ0n) is 10.6. The van der Waals surface area contributed by atoms with Crippen LogP contribution < -0.4 is 4.90 Å². The highest BCUT2D eigenvalue weighted by molar-refractivity contribution is 5.96. The molecule has 0 fully saturated rings. The van der Waals surface area contributed by atoms with E-state index in [1.165, 1.54) is 6.08 Å². The van der Waals surface area contributed by atoms with Gasteiger partial charge in [0.25, 0.3) is 0 Å². The molecule has 0 spiro atoms. The Hall–Kier alpha value is -1.93. The Morgan fingerprint density at radius 1 is 1.44 bits per heavy atom. The molecule has 0 saturated carbocycles. The second kappa shape index (κ2) is 5.15. The fourth-order valence-electron chi connectivity index (χ4n) is 2.23. The van der Waals surface area contributed by atoms with Crippen molar-refractivity contribution in [2.45, 2.75) is 26.7 Å². The molecule has 1 heterocycles. The van der Waals surface area contributed by atoms with Crippen LogP contribution in [0.25, 0.3) is 0 Å². The molecule has 0 saturated heterocycles. The Morgan fingerprint density at radius 2 is 2.22 bits per heavy atom. The second-order valence-electron chi connectivity index (χ2n) is 4.76. The van der Waals surface area contributed by atoms with Crippen molar-refractivity contribution in [2.75, 3.05) is 11.4 Å². The van der Waals surface area contributed by atoms with E-state index in [9.17, 15) is 9.59 Å². The summed E-state index contributed by atoms with van der Waals surface area (Å²) in [6.07, 6.45) is 3.46. The molecular weight excluding hydrogens is 228 g/mol. The van der Waals surface area contributed by atoms with Crippen molar-refractivity contribution in [3.05, 3.63) is 23.8 Å². The lowest BCUT2D eigenvalue weighted by atomic mass is 9.99. The molecule has 0 aromatic heterocycles. The van der Waals surface area contributed by atoms with Crippen LogP contribution in [0.15, 0.2) is 23.2 Å². The Morgan fingerprint density at radius 3 is 2.89 bits per heavy atom. The molecular formula is C14H16N2O2. The third kappa shape index (κ3) is 2.34. The quantitative estimate of drug-likeness (QED) is 0.593. The Balaban J connectivity index is 2.43. The van der Waals surface area contributed by atoms with Gasteiger partial charge < -0.3 is 4.90 Å². The summed E-state index contributed by atoms with van der Waals surface area (Å²) in [5, 5.41) is 0. The molecule has 94 valence electrons. The first-order valence-corrected chi connectivity index (χ1v) is 6.15. The minimum absolute atomic E-state index is 0.0332. The number of amides is 1. The fraction of sp³-hybridized carbons (Fsp3) is 0.429. The van der Waals surface area contributed by atoms with E-state index in [2.05, 4.69) is 4.99 Å². The maximum atomic E-state index is 12.1. The van der Waals surface area contributed by atoms with Gasteiger partial charge in [-0.1, -0.05) is 19.9 Å². The monoisotopic (exact) mass is 244 g/mol. The van der Waals surface area contributed by atoms with E-state index in [0.29, 0.717) is 5.69 Å². The van der Waals surface area contributed by atoms with Crippen LogP contribution in [0, 0.1) is 5.92 Å². The molecule has 18 heavy (non-hydrogen) atoms. The highest BCUT2D eigenvalue weighted by Gasteiger charge is 2.24.